The highest BCUT2D eigenvalue weighted by Gasteiger charge is 2.30. The third kappa shape index (κ3) is 4.86. The van der Waals surface area contributed by atoms with Crippen molar-refractivity contribution in [1.29, 1.82) is 0 Å². The Kier molecular flexibility index (Phi) is 5.52. The van der Waals surface area contributed by atoms with Gasteiger partial charge in [0.15, 0.2) is 6.04 Å². The third-order valence-electron chi connectivity index (χ3n) is 4.35. The first-order chi connectivity index (χ1) is 10.8. The molecule has 23 heavy (non-hydrogen) atoms. The summed E-state index contributed by atoms with van der Waals surface area (Å²) in [6.45, 7) is 12.0. The highest BCUT2D eigenvalue weighted by atomic mass is 16.5. The number of ether oxygens (including phenoxy) is 1. The molecule has 2 rings (SSSR count). The van der Waals surface area contributed by atoms with Crippen LogP contribution in [0.3, 0.4) is 0 Å². The van der Waals surface area contributed by atoms with Crippen LogP contribution in [0.1, 0.15) is 27.7 Å². The first-order valence-electron chi connectivity index (χ1n) is 8.36. The fourth-order valence-electron chi connectivity index (χ4n) is 2.94. The van der Waals surface area contributed by atoms with Crippen LogP contribution in [-0.2, 0) is 4.79 Å². The fraction of sp³-hybridized carbons (Fsp3) is 0.611. The summed E-state index contributed by atoms with van der Waals surface area (Å²) in [5.41, 5.74) is 1.05. The maximum absolute atomic E-state index is 12.3. The number of methoxy groups -OCH3 is 1. The van der Waals surface area contributed by atoms with Gasteiger partial charge in [-0.25, -0.2) is 0 Å². The van der Waals surface area contributed by atoms with Gasteiger partial charge >= 0.3 is 0 Å². The van der Waals surface area contributed by atoms with Gasteiger partial charge in [-0.1, -0.05) is 0 Å². The molecule has 2 N–H and O–H groups in total. The number of benzene rings is 1. The van der Waals surface area contributed by atoms with E-state index in [1.165, 1.54) is 10.6 Å². The molecular formula is C18H30N3O2+. The van der Waals surface area contributed by atoms with Gasteiger partial charge in [0.05, 0.1) is 33.3 Å². The summed E-state index contributed by atoms with van der Waals surface area (Å²) in [5, 5.41) is 3.08. The number of amides is 1. The number of nitrogens with zero attached hydrogens (tertiary/aromatic N) is 1. The maximum Gasteiger partial charge on any atom is 0.278 e. The van der Waals surface area contributed by atoms with Crippen LogP contribution in [0.5, 0.6) is 5.75 Å². The van der Waals surface area contributed by atoms with Crippen LogP contribution in [0.15, 0.2) is 24.3 Å². The summed E-state index contributed by atoms with van der Waals surface area (Å²) < 4.78 is 5.20. The topological polar surface area (TPSA) is 46.0 Å². The van der Waals surface area contributed by atoms with E-state index < -0.39 is 0 Å². The molecule has 1 aliphatic rings. The first-order valence-corrected chi connectivity index (χ1v) is 8.36. The van der Waals surface area contributed by atoms with Gasteiger partial charge in [0.25, 0.3) is 5.91 Å². The lowest BCUT2D eigenvalue weighted by atomic mass is 10.1. The number of hydrogen-bond acceptors (Lipinski definition) is 3. The number of anilines is 1. The second-order valence-corrected chi connectivity index (χ2v) is 7.30. The maximum atomic E-state index is 12.3. The molecule has 1 saturated heterocycles. The largest absolute Gasteiger partial charge is 0.497 e. The number of carbonyl (C=O) groups excluding carboxylic acids is 1. The predicted molar refractivity (Wildman–Crippen MR) is 93.3 cm³/mol. The van der Waals surface area contributed by atoms with Crippen molar-refractivity contribution in [2.24, 2.45) is 0 Å². The molecular weight excluding hydrogens is 290 g/mol. The van der Waals surface area contributed by atoms with Crippen molar-refractivity contribution >= 4 is 11.6 Å². The summed E-state index contributed by atoms with van der Waals surface area (Å²) in [5.74, 6) is 1.02. The van der Waals surface area contributed by atoms with Crippen molar-refractivity contribution in [2.45, 2.75) is 39.3 Å². The van der Waals surface area contributed by atoms with Gasteiger partial charge < -0.3 is 19.9 Å². The highest BCUT2D eigenvalue weighted by molar-refractivity contribution is 5.80. The van der Waals surface area contributed by atoms with Gasteiger partial charge in [-0.05, 0) is 52.0 Å². The summed E-state index contributed by atoms with van der Waals surface area (Å²) in [6.07, 6.45) is 0. The number of quaternary nitrogens is 1. The standard InChI is InChI=1S/C18H29N3O2/c1-14(17(22)19-18(2,3)4)20-10-12-21(13-11-20)15-6-8-16(23-5)9-7-15/h6-9,14H,10-13H2,1-5H3,(H,19,22)/p+1/t14-/m1/s1. The van der Waals surface area contributed by atoms with E-state index in [2.05, 4.69) is 22.3 Å². The zero-order valence-electron chi connectivity index (χ0n) is 15.0. The Morgan fingerprint density at radius 2 is 1.78 bits per heavy atom. The van der Waals surface area contributed by atoms with E-state index >= 15 is 0 Å². The number of piperazine rings is 1. The lowest BCUT2D eigenvalue weighted by Crippen LogP contribution is -3.19. The van der Waals surface area contributed by atoms with Crippen molar-refractivity contribution in [1.82, 2.24) is 5.32 Å². The second-order valence-electron chi connectivity index (χ2n) is 7.30. The van der Waals surface area contributed by atoms with Gasteiger partial charge in [0.1, 0.15) is 5.75 Å². The lowest BCUT2D eigenvalue weighted by molar-refractivity contribution is -0.914. The molecule has 1 fully saturated rings. The van der Waals surface area contributed by atoms with Gasteiger partial charge in [0, 0.05) is 11.2 Å². The minimum absolute atomic E-state index is 0.00718. The smallest absolute Gasteiger partial charge is 0.278 e. The molecule has 0 aliphatic carbocycles. The SMILES string of the molecule is COc1ccc(N2CC[NH+]([C@H](C)C(=O)NC(C)(C)C)CC2)cc1. The molecule has 5 nitrogen and oxygen atoms in total. The molecule has 1 aliphatic heterocycles. The highest BCUT2D eigenvalue weighted by Crippen LogP contribution is 2.19. The van der Waals surface area contributed by atoms with Crippen molar-refractivity contribution in [2.75, 3.05) is 38.2 Å². The number of carbonyl (C=O) groups is 1. The van der Waals surface area contributed by atoms with Crippen LogP contribution in [-0.4, -0.2) is 50.8 Å². The Bertz CT molecular complexity index is 514. The Hall–Kier alpha value is -1.75. The molecule has 1 aromatic carbocycles. The van der Waals surface area contributed by atoms with E-state index in [4.69, 9.17) is 4.74 Å². The molecule has 1 amide bonds. The molecule has 0 spiro atoms. The van der Waals surface area contributed by atoms with Crippen LogP contribution < -0.4 is 19.9 Å². The predicted octanol–water partition coefficient (Wildman–Crippen LogP) is 0.703. The molecule has 128 valence electrons. The minimum atomic E-state index is -0.171. The second kappa shape index (κ2) is 7.21. The van der Waals surface area contributed by atoms with Gasteiger partial charge in [-0.3, -0.25) is 4.79 Å². The van der Waals surface area contributed by atoms with E-state index in [1.54, 1.807) is 7.11 Å². The van der Waals surface area contributed by atoms with Crippen LogP contribution in [0.4, 0.5) is 5.69 Å². The molecule has 0 aromatic heterocycles. The number of nitrogens with one attached hydrogen (secondary N) is 2. The lowest BCUT2D eigenvalue weighted by Gasteiger charge is -2.36. The summed E-state index contributed by atoms with van der Waals surface area (Å²) in [6, 6.07) is 8.17. The van der Waals surface area contributed by atoms with E-state index in [1.807, 2.05) is 39.8 Å². The van der Waals surface area contributed by atoms with Crippen molar-refractivity contribution in [3.05, 3.63) is 24.3 Å². The van der Waals surface area contributed by atoms with Crippen LogP contribution in [0, 0.1) is 0 Å². The molecule has 1 aromatic rings. The van der Waals surface area contributed by atoms with Crippen molar-refractivity contribution < 1.29 is 14.4 Å². The Morgan fingerprint density at radius 1 is 1.22 bits per heavy atom. The molecule has 1 atom stereocenters. The normalized spacial score (nSPS) is 17.7. The average molecular weight is 320 g/mol. The average Bonchev–Trinajstić information content (AvgIpc) is 2.53. The van der Waals surface area contributed by atoms with E-state index in [0.717, 1.165) is 31.9 Å². The number of rotatable bonds is 4. The van der Waals surface area contributed by atoms with E-state index in [9.17, 15) is 4.79 Å². The van der Waals surface area contributed by atoms with Crippen molar-refractivity contribution in [3.63, 3.8) is 0 Å². The minimum Gasteiger partial charge on any atom is -0.497 e. The fourth-order valence-corrected chi connectivity index (χ4v) is 2.94. The van der Waals surface area contributed by atoms with Crippen LogP contribution >= 0.6 is 0 Å². The molecule has 0 unspecified atom stereocenters. The zero-order chi connectivity index (χ0) is 17.0. The molecule has 0 bridgehead atoms. The molecule has 5 heteroatoms. The van der Waals surface area contributed by atoms with Crippen molar-refractivity contribution in [3.8, 4) is 5.75 Å². The summed E-state index contributed by atoms with van der Waals surface area (Å²) in [4.78, 5) is 16.1. The number of hydrogen-bond donors (Lipinski definition) is 2. The third-order valence-corrected chi connectivity index (χ3v) is 4.35. The summed E-state index contributed by atoms with van der Waals surface area (Å²) in [7, 11) is 1.68. The van der Waals surface area contributed by atoms with Gasteiger partial charge in [-0.2, -0.15) is 0 Å². The first kappa shape index (κ1) is 17.6. The Balaban J connectivity index is 1.88. The Morgan fingerprint density at radius 3 is 2.26 bits per heavy atom. The summed E-state index contributed by atoms with van der Waals surface area (Å²) >= 11 is 0. The molecule has 1 heterocycles. The quantitative estimate of drug-likeness (QED) is 0.859. The monoisotopic (exact) mass is 320 g/mol. The van der Waals surface area contributed by atoms with Gasteiger partial charge in [-0.15, -0.1) is 0 Å². The molecule has 0 radical (unpaired) electrons. The van der Waals surface area contributed by atoms with E-state index in [-0.39, 0.29) is 17.5 Å². The molecule has 0 saturated carbocycles. The van der Waals surface area contributed by atoms with Crippen LogP contribution in [0.2, 0.25) is 0 Å². The Labute approximate surface area is 139 Å². The van der Waals surface area contributed by atoms with Crippen LogP contribution in [0.25, 0.3) is 0 Å². The zero-order valence-corrected chi connectivity index (χ0v) is 15.0. The van der Waals surface area contributed by atoms with Gasteiger partial charge in [0.2, 0.25) is 0 Å². The van der Waals surface area contributed by atoms with E-state index in [0.29, 0.717) is 0 Å².